The molecule has 14 heavy (non-hydrogen) atoms. The number of rotatable bonds is 2. The Morgan fingerprint density at radius 1 is 1.50 bits per heavy atom. The van der Waals surface area contributed by atoms with Gasteiger partial charge in [-0.05, 0) is 6.07 Å². The Hall–Kier alpha value is -1.71. The summed E-state index contributed by atoms with van der Waals surface area (Å²) in [7, 11) is 1.64. The lowest BCUT2D eigenvalue weighted by Gasteiger charge is -2.10. The molecule has 0 fully saturated rings. The van der Waals surface area contributed by atoms with E-state index in [9.17, 15) is 0 Å². The van der Waals surface area contributed by atoms with E-state index in [0.717, 1.165) is 11.3 Å². The summed E-state index contributed by atoms with van der Waals surface area (Å²) in [5.41, 5.74) is 6.45. The molecule has 0 spiro atoms. The van der Waals surface area contributed by atoms with Gasteiger partial charge in [0.2, 0.25) is 0 Å². The van der Waals surface area contributed by atoms with Crippen LogP contribution in [-0.2, 0) is 4.74 Å². The number of aliphatic imine (C=N–C) groups is 1. The van der Waals surface area contributed by atoms with E-state index in [0.29, 0.717) is 6.61 Å². The molecule has 1 aromatic rings. The molecule has 0 amide bonds. The van der Waals surface area contributed by atoms with Crippen molar-refractivity contribution in [3.8, 4) is 5.75 Å². The quantitative estimate of drug-likeness (QED) is 0.762. The van der Waals surface area contributed by atoms with Gasteiger partial charge in [0, 0.05) is 5.56 Å². The number of nitrogens with zero attached hydrogens (tertiary/aromatic N) is 1. The van der Waals surface area contributed by atoms with E-state index in [2.05, 4.69) is 4.99 Å². The third-order valence-corrected chi connectivity index (χ3v) is 2.17. The maximum absolute atomic E-state index is 5.44. The van der Waals surface area contributed by atoms with Crippen LogP contribution in [0, 0.1) is 0 Å². The van der Waals surface area contributed by atoms with E-state index in [-0.39, 0.29) is 12.1 Å². The van der Waals surface area contributed by atoms with E-state index in [1.54, 1.807) is 7.11 Å². The molecule has 0 unspecified atom stereocenters. The zero-order valence-corrected chi connectivity index (χ0v) is 7.93. The molecule has 0 radical (unpaired) electrons. The lowest BCUT2D eigenvalue weighted by Crippen LogP contribution is -2.10. The predicted octanol–water partition coefficient (Wildman–Crippen LogP) is 1.08. The number of hydrogen-bond acceptors (Lipinski definition) is 4. The molecule has 0 aromatic heterocycles. The smallest absolute Gasteiger partial charge is 0.282 e. The molecule has 1 atom stereocenters. The maximum atomic E-state index is 5.44. The third kappa shape index (κ3) is 1.51. The molecule has 1 aromatic carbocycles. The van der Waals surface area contributed by atoms with E-state index in [1.807, 2.05) is 24.3 Å². The van der Waals surface area contributed by atoms with Gasteiger partial charge in [0.15, 0.2) is 0 Å². The van der Waals surface area contributed by atoms with Gasteiger partial charge in [-0.15, -0.1) is 0 Å². The number of ether oxygens (including phenoxy) is 2. The van der Waals surface area contributed by atoms with Crippen LogP contribution in [0.3, 0.4) is 0 Å². The van der Waals surface area contributed by atoms with E-state index < -0.39 is 0 Å². The van der Waals surface area contributed by atoms with Crippen molar-refractivity contribution < 1.29 is 9.47 Å². The van der Waals surface area contributed by atoms with Gasteiger partial charge in [0.05, 0.1) is 7.11 Å². The van der Waals surface area contributed by atoms with Crippen molar-refractivity contribution in [3.05, 3.63) is 29.8 Å². The van der Waals surface area contributed by atoms with Crippen molar-refractivity contribution in [2.24, 2.45) is 10.7 Å². The second kappa shape index (κ2) is 3.57. The van der Waals surface area contributed by atoms with Gasteiger partial charge in [-0.25, -0.2) is 4.99 Å². The highest BCUT2D eigenvalue weighted by atomic mass is 16.5. The number of amidine groups is 1. The molecule has 0 saturated carbocycles. The topological polar surface area (TPSA) is 56.8 Å². The van der Waals surface area contributed by atoms with Crippen LogP contribution in [0.15, 0.2) is 29.3 Å². The minimum atomic E-state index is -0.0360. The van der Waals surface area contributed by atoms with Crippen LogP contribution in [0.25, 0.3) is 0 Å². The molecule has 1 aliphatic heterocycles. The first-order chi connectivity index (χ1) is 6.81. The highest BCUT2D eigenvalue weighted by molar-refractivity contribution is 5.73. The fourth-order valence-electron chi connectivity index (χ4n) is 1.49. The molecule has 2 rings (SSSR count). The first-order valence-corrected chi connectivity index (χ1v) is 4.40. The summed E-state index contributed by atoms with van der Waals surface area (Å²) in [5.74, 6) is 0.819. The molecule has 0 bridgehead atoms. The van der Waals surface area contributed by atoms with Crippen molar-refractivity contribution in [1.82, 2.24) is 0 Å². The molecule has 2 N–H and O–H groups in total. The average molecular weight is 192 g/mol. The number of methoxy groups -OCH3 is 1. The van der Waals surface area contributed by atoms with Gasteiger partial charge in [-0.2, -0.15) is 0 Å². The van der Waals surface area contributed by atoms with Crippen LogP contribution in [-0.4, -0.2) is 19.7 Å². The van der Waals surface area contributed by atoms with Gasteiger partial charge in [-0.1, -0.05) is 18.2 Å². The fourth-order valence-corrected chi connectivity index (χ4v) is 1.49. The Balaban J connectivity index is 2.32. The molecule has 0 saturated heterocycles. The molecule has 74 valence electrons. The average Bonchev–Trinajstić information content (AvgIpc) is 2.65. The van der Waals surface area contributed by atoms with Crippen LogP contribution < -0.4 is 10.5 Å². The first kappa shape index (κ1) is 8.87. The summed E-state index contributed by atoms with van der Waals surface area (Å²) in [6, 6.07) is 7.95. The van der Waals surface area contributed by atoms with Gasteiger partial charge < -0.3 is 15.2 Å². The van der Waals surface area contributed by atoms with Crippen LogP contribution in [0.1, 0.15) is 11.6 Å². The van der Waals surface area contributed by atoms with Crippen molar-refractivity contribution in [2.45, 2.75) is 6.04 Å². The number of benzene rings is 1. The third-order valence-electron chi connectivity index (χ3n) is 2.17. The van der Waals surface area contributed by atoms with E-state index in [1.165, 1.54) is 0 Å². The molecular formula is C10H12N2O2. The van der Waals surface area contributed by atoms with Gasteiger partial charge in [0.25, 0.3) is 6.02 Å². The van der Waals surface area contributed by atoms with Crippen LogP contribution in [0.2, 0.25) is 0 Å². The Kier molecular flexibility index (Phi) is 2.26. The Bertz CT molecular complexity index is 363. The largest absolute Gasteiger partial charge is 0.496 e. The van der Waals surface area contributed by atoms with Crippen molar-refractivity contribution in [3.63, 3.8) is 0 Å². The lowest BCUT2D eigenvalue weighted by molar-refractivity contribution is 0.311. The van der Waals surface area contributed by atoms with Gasteiger partial charge in [0.1, 0.15) is 18.4 Å². The number of hydrogen-bond donors (Lipinski definition) is 1. The van der Waals surface area contributed by atoms with Crippen molar-refractivity contribution in [1.29, 1.82) is 0 Å². The first-order valence-electron chi connectivity index (χ1n) is 4.40. The van der Waals surface area contributed by atoms with Crippen LogP contribution >= 0.6 is 0 Å². The van der Waals surface area contributed by atoms with Crippen LogP contribution in [0.5, 0.6) is 5.75 Å². The molecule has 4 nitrogen and oxygen atoms in total. The Labute approximate surface area is 82.3 Å². The monoisotopic (exact) mass is 192 g/mol. The second-order valence-electron chi connectivity index (χ2n) is 3.04. The van der Waals surface area contributed by atoms with E-state index >= 15 is 0 Å². The molecule has 0 aliphatic carbocycles. The zero-order chi connectivity index (χ0) is 9.97. The molecule has 1 heterocycles. The van der Waals surface area contributed by atoms with Crippen molar-refractivity contribution >= 4 is 6.02 Å². The standard InChI is InChI=1S/C10H12N2O2/c1-13-9-5-3-2-4-7(9)8-6-14-10(11)12-8/h2-5,8H,6H2,1H3,(H2,11,12)/t8-/m1/s1. The normalized spacial score (nSPS) is 20.1. The Morgan fingerprint density at radius 2 is 2.29 bits per heavy atom. The highest BCUT2D eigenvalue weighted by Gasteiger charge is 2.21. The van der Waals surface area contributed by atoms with E-state index in [4.69, 9.17) is 15.2 Å². The number of para-hydroxylation sites is 1. The summed E-state index contributed by atoms with van der Waals surface area (Å²) in [6.07, 6.45) is 0. The summed E-state index contributed by atoms with van der Waals surface area (Å²) < 4.78 is 10.3. The zero-order valence-electron chi connectivity index (χ0n) is 7.93. The SMILES string of the molecule is COc1ccccc1[C@H]1COC(N)=N1. The minimum absolute atomic E-state index is 0.0360. The van der Waals surface area contributed by atoms with Crippen LogP contribution in [0.4, 0.5) is 0 Å². The lowest BCUT2D eigenvalue weighted by atomic mass is 10.1. The maximum Gasteiger partial charge on any atom is 0.282 e. The Morgan fingerprint density at radius 3 is 2.93 bits per heavy atom. The van der Waals surface area contributed by atoms with Crippen molar-refractivity contribution in [2.75, 3.05) is 13.7 Å². The fraction of sp³-hybridized carbons (Fsp3) is 0.300. The van der Waals surface area contributed by atoms with Gasteiger partial charge in [-0.3, -0.25) is 0 Å². The summed E-state index contributed by atoms with van der Waals surface area (Å²) in [5, 5.41) is 0. The summed E-state index contributed by atoms with van der Waals surface area (Å²) in [4.78, 5) is 4.16. The number of nitrogens with two attached hydrogens (primary N) is 1. The second-order valence-corrected chi connectivity index (χ2v) is 3.04. The summed E-state index contributed by atoms with van der Waals surface area (Å²) in [6.45, 7) is 0.492. The highest BCUT2D eigenvalue weighted by Crippen LogP contribution is 2.29. The molecular weight excluding hydrogens is 180 g/mol. The summed E-state index contributed by atoms with van der Waals surface area (Å²) >= 11 is 0. The predicted molar refractivity (Wildman–Crippen MR) is 53.3 cm³/mol. The molecule has 1 aliphatic rings. The minimum Gasteiger partial charge on any atom is -0.496 e. The van der Waals surface area contributed by atoms with Gasteiger partial charge >= 0.3 is 0 Å². The molecule has 4 heteroatoms.